The number of nitrogens with one attached hydrogen (secondary N) is 1. The van der Waals surface area contributed by atoms with Crippen molar-refractivity contribution in [3.63, 3.8) is 0 Å². The molecule has 1 aliphatic heterocycles. The summed E-state index contributed by atoms with van der Waals surface area (Å²) in [5, 5.41) is 28.2. The van der Waals surface area contributed by atoms with Crippen LogP contribution in [-0.2, 0) is 14.9 Å². The number of hydrogen-bond donors (Lipinski definition) is 2. The topological polar surface area (TPSA) is 113 Å². The van der Waals surface area contributed by atoms with Gasteiger partial charge in [0.15, 0.2) is 17.7 Å². The number of H-pyrrole nitrogens is 1. The molecule has 2 aromatic heterocycles. The molecule has 4 aromatic rings. The molecule has 0 amide bonds. The number of methoxy groups -OCH3 is 1. The standard InChI is InChI=1S/C27H27FN4O4/c1-27(2,8-9-29)25-24(15-4-7-22(26(33)34)36-14-15)18-12-20-16(13-30-31-20)10-21(18)32(25)17-5-6-19(28)23(11-17)35-3/h5-6,10-13,15,22H,4,7-8,14H2,1-3H3,(H,30,31)(H,33,34)/t15-,22+/m0/s1. The van der Waals surface area contributed by atoms with E-state index in [0.29, 0.717) is 18.5 Å². The van der Waals surface area contributed by atoms with Crippen LogP contribution >= 0.6 is 0 Å². The number of halogens is 1. The molecule has 36 heavy (non-hydrogen) atoms. The smallest absolute Gasteiger partial charge is 0.332 e. The second-order valence-corrected chi connectivity index (χ2v) is 9.90. The zero-order chi connectivity index (χ0) is 25.6. The Morgan fingerprint density at radius 3 is 2.83 bits per heavy atom. The van der Waals surface area contributed by atoms with E-state index in [9.17, 15) is 19.6 Å². The molecule has 0 spiro atoms. The number of carbonyl (C=O) groups is 1. The van der Waals surface area contributed by atoms with E-state index in [1.54, 1.807) is 18.3 Å². The lowest BCUT2D eigenvalue weighted by Crippen LogP contribution is -2.32. The van der Waals surface area contributed by atoms with Gasteiger partial charge in [0.1, 0.15) is 0 Å². The van der Waals surface area contributed by atoms with Gasteiger partial charge in [-0.05, 0) is 42.7 Å². The monoisotopic (exact) mass is 490 g/mol. The minimum absolute atomic E-state index is 0.0833. The molecule has 186 valence electrons. The molecule has 2 aromatic carbocycles. The van der Waals surface area contributed by atoms with Crippen molar-refractivity contribution in [1.29, 1.82) is 5.26 Å². The lowest BCUT2D eigenvalue weighted by atomic mass is 9.78. The number of aromatic nitrogens is 3. The maximum Gasteiger partial charge on any atom is 0.332 e. The summed E-state index contributed by atoms with van der Waals surface area (Å²) in [7, 11) is 1.43. The molecule has 0 saturated carbocycles. The van der Waals surface area contributed by atoms with Crippen LogP contribution in [0, 0.1) is 17.1 Å². The summed E-state index contributed by atoms with van der Waals surface area (Å²) < 4.78 is 27.5. The number of ether oxygens (including phenoxy) is 2. The Bertz CT molecular complexity index is 1510. The first-order chi connectivity index (χ1) is 17.2. The van der Waals surface area contributed by atoms with Crippen LogP contribution < -0.4 is 4.74 Å². The Kier molecular flexibility index (Phi) is 5.92. The highest BCUT2D eigenvalue weighted by atomic mass is 19.1. The third-order valence-electron chi connectivity index (χ3n) is 7.08. The molecule has 0 radical (unpaired) electrons. The zero-order valence-corrected chi connectivity index (χ0v) is 20.3. The van der Waals surface area contributed by atoms with Crippen LogP contribution in [0.4, 0.5) is 4.39 Å². The molecule has 8 nitrogen and oxygen atoms in total. The number of hydrogen-bond acceptors (Lipinski definition) is 5. The van der Waals surface area contributed by atoms with Crippen molar-refractivity contribution >= 4 is 27.8 Å². The Balaban J connectivity index is 1.84. The van der Waals surface area contributed by atoms with Crippen LogP contribution in [0.25, 0.3) is 27.5 Å². The molecule has 0 bridgehead atoms. The summed E-state index contributed by atoms with van der Waals surface area (Å²) in [6.45, 7) is 4.28. The van der Waals surface area contributed by atoms with Crippen molar-refractivity contribution in [3.8, 4) is 17.5 Å². The van der Waals surface area contributed by atoms with E-state index in [2.05, 4.69) is 20.8 Å². The highest BCUT2D eigenvalue weighted by Crippen LogP contribution is 2.45. The average Bonchev–Trinajstić information content (AvgIpc) is 3.45. The Labute approximate surface area is 207 Å². The van der Waals surface area contributed by atoms with E-state index in [4.69, 9.17) is 9.47 Å². The van der Waals surface area contributed by atoms with Crippen molar-refractivity contribution in [2.45, 2.75) is 50.5 Å². The van der Waals surface area contributed by atoms with Gasteiger partial charge in [-0.25, -0.2) is 9.18 Å². The van der Waals surface area contributed by atoms with E-state index in [-0.39, 0.29) is 24.7 Å². The molecule has 1 saturated heterocycles. The summed E-state index contributed by atoms with van der Waals surface area (Å²) in [6, 6.07) is 11.1. The molecule has 0 aliphatic carbocycles. The fourth-order valence-corrected chi connectivity index (χ4v) is 5.34. The number of nitrogens with zero attached hydrogens (tertiary/aromatic N) is 3. The minimum Gasteiger partial charge on any atom is -0.494 e. The van der Waals surface area contributed by atoms with Crippen LogP contribution in [-0.4, -0.2) is 45.7 Å². The Morgan fingerprint density at radius 1 is 1.36 bits per heavy atom. The van der Waals surface area contributed by atoms with Gasteiger partial charge < -0.3 is 19.1 Å². The van der Waals surface area contributed by atoms with Gasteiger partial charge >= 0.3 is 5.97 Å². The highest BCUT2D eigenvalue weighted by molar-refractivity contribution is 5.99. The number of fused-ring (bicyclic) bond motifs is 2. The van der Waals surface area contributed by atoms with Crippen molar-refractivity contribution in [2.24, 2.45) is 0 Å². The van der Waals surface area contributed by atoms with Gasteiger partial charge in [0.05, 0.1) is 37.0 Å². The second kappa shape index (κ2) is 8.95. The Hall–Kier alpha value is -3.90. The van der Waals surface area contributed by atoms with Crippen molar-refractivity contribution < 1.29 is 23.8 Å². The van der Waals surface area contributed by atoms with Gasteiger partial charge in [0.2, 0.25) is 0 Å². The van der Waals surface area contributed by atoms with Gasteiger partial charge in [-0.1, -0.05) is 13.8 Å². The van der Waals surface area contributed by atoms with Gasteiger partial charge in [-0.3, -0.25) is 5.10 Å². The van der Waals surface area contributed by atoms with E-state index < -0.39 is 23.3 Å². The lowest BCUT2D eigenvalue weighted by Gasteiger charge is -2.32. The van der Waals surface area contributed by atoms with Crippen molar-refractivity contribution in [3.05, 3.63) is 53.6 Å². The van der Waals surface area contributed by atoms with Gasteiger partial charge in [0.25, 0.3) is 0 Å². The van der Waals surface area contributed by atoms with E-state index in [0.717, 1.165) is 33.1 Å². The normalized spacial score (nSPS) is 18.4. The van der Waals surface area contributed by atoms with Crippen LogP contribution in [0.3, 0.4) is 0 Å². The van der Waals surface area contributed by atoms with Crippen LogP contribution in [0.2, 0.25) is 0 Å². The quantitative estimate of drug-likeness (QED) is 0.384. The predicted octanol–water partition coefficient (Wildman–Crippen LogP) is 5.19. The number of benzene rings is 2. The fourth-order valence-electron chi connectivity index (χ4n) is 5.34. The molecule has 2 N–H and O–H groups in total. The maximum atomic E-state index is 14.4. The molecular formula is C27H27FN4O4. The third kappa shape index (κ3) is 3.88. The van der Waals surface area contributed by atoms with E-state index >= 15 is 0 Å². The first-order valence-corrected chi connectivity index (χ1v) is 11.8. The SMILES string of the molecule is COc1cc(-n2c(C(C)(C)CC#N)c([C@H]3CC[C@H](C(=O)O)OC3)c3cc4[nH]ncc4cc32)ccc1F. The fraction of sp³-hybridized carbons (Fsp3) is 0.370. The molecule has 1 fully saturated rings. The molecule has 2 atom stereocenters. The first-order valence-electron chi connectivity index (χ1n) is 11.8. The van der Waals surface area contributed by atoms with Crippen LogP contribution in [0.1, 0.15) is 50.3 Å². The summed E-state index contributed by atoms with van der Waals surface area (Å²) in [6.07, 6.45) is 2.18. The van der Waals surface area contributed by atoms with Crippen molar-refractivity contribution in [2.75, 3.05) is 13.7 Å². The average molecular weight is 491 g/mol. The predicted molar refractivity (Wildman–Crippen MR) is 132 cm³/mol. The molecule has 9 heteroatoms. The van der Waals surface area contributed by atoms with Gasteiger partial charge in [0, 0.05) is 46.0 Å². The van der Waals surface area contributed by atoms with Gasteiger partial charge in [-0.2, -0.15) is 10.4 Å². The van der Waals surface area contributed by atoms with E-state index in [1.165, 1.54) is 13.2 Å². The van der Waals surface area contributed by atoms with Crippen LogP contribution in [0.15, 0.2) is 36.5 Å². The number of nitriles is 1. The summed E-state index contributed by atoms with van der Waals surface area (Å²) in [5.41, 5.74) is 3.79. The number of rotatable bonds is 6. The summed E-state index contributed by atoms with van der Waals surface area (Å²) in [4.78, 5) is 11.5. The molecule has 1 aliphatic rings. The maximum absolute atomic E-state index is 14.4. The number of carboxylic acid groups (broad SMARTS) is 1. The van der Waals surface area contributed by atoms with E-state index in [1.807, 2.05) is 26.0 Å². The number of carboxylic acids is 1. The number of aliphatic carboxylic acids is 1. The highest BCUT2D eigenvalue weighted by Gasteiger charge is 2.37. The lowest BCUT2D eigenvalue weighted by molar-refractivity contribution is -0.153. The molecular weight excluding hydrogens is 463 g/mol. The minimum atomic E-state index is -0.960. The summed E-state index contributed by atoms with van der Waals surface area (Å²) in [5.74, 6) is -1.39. The van der Waals surface area contributed by atoms with Gasteiger partial charge in [-0.15, -0.1) is 0 Å². The molecule has 5 rings (SSSR count). The summed E-state index contributed by atoms with van der Waals surface area (Å²) >= 11 is 0. The van der Waals surface area contributed by atoms with Crippen molar-refractivity contribution in [1.82, 2.24) is 14.8 Å². The Morgan fingerprint density at radius 2 is 2.17 bits per heavy atom. The second-order valence-electron chi connectivity index (χ2n) is 9.90. The van der Waals surface area contributed by atoms with Crippen LogP contribution in [0.5, 0.6) is 5.75 Å². The molecule has 0 unspecified atom stereocenters. The molecule has 3 heterocycles. The largest absolute Gasteiger partial charge is 0.494 e. The third-order valence-corrected chi connectivity index (χ3v) is 7.08. The number of aromatic amines is 1. The zero-order valence-electron chi connectivity index (χ0n) is 20.3. The first kappa shape index (κ1) is 23.8.